The van der Waals surface area contributed by atoms with Gasteiger partial charge < -0.3 is 20.3 Å². The van der Waals surface area contributed by atoms with Crippen molar-refractivity contribution in [3.05, 3.63) is 0 Å². The smallest absolute Gasteiger partial charge is 0.305 e. The van der Waals surface area contributed by atoms with Crippen LogP contribution >= 0.6 is 0 Å². The number of nitrogens with one attached hydrogen (secondary N) is 1. The quantitative estimate of drug-likeness (QED) is 0.0417. The summed E-state index contributed by atoms with van der Waals surface area (Å²) in [6.45, 7) is 4.98. The summed E-state index contributed by atoms with van der Waals surface area (Å²) in [7, 11) is 0. The molecular weight excluding hydrogens is 887 g/mol. The number of hydrogen-bond acceptors (Lipinski definition) is 5. The van der Waals surface area contributed by atoms with Crippen LogP contribution in [-0.4, -0.2) is 47.4 Å². The summed E-state index contributed by atoms with van der Waals surface area (Å²) in [6.07, 6.45) is 74.4. The molecule has 0 aliphatic carbocycles. The number of amides is 1. The fourth-order valence-electron chi connectivity index (χ4n) is 10.8. The SMILES string of the molecule is CCCCCCCCCCCCCCCCC(=O)OCCCCCCCCCCCCCCCCCCCCCCCCCCCCCCCCCC(=O)NC(CO)C(O)CCCCCCCCCCCC. The van der Waals surface area contributed by atoms with Gasteiger partial charge in [0.05, 0.1) is 25.4 Å². The van der Waals surface area contributed by atoms with E-state index >= 15 is 0 Å². The fourth-order valence-corrected chi connectivity index (χ4v) is 10.8. The molecule has 0 aromatic rings. The lowest BCUT2D eigenvalue weighted by molar-refractivity contribution is -0.143. The van der Waals surface area contributed by atoms with Gasteiger partial charge in [-0.2, -0.15) is 0 Å². The molecule has 2 unspecified atom stereocenters. The molecule has 72 heavy (non-hydrogen) atoms. The Morgan fingerprint density at radius 3 is 0.847 bits per heavy atom. The number of esters is 1. The summed E-state index contributed by atoms with van der Waals surface area (Å²) in [6, 6.07) is -0.535. The monoisotopic (exact) mass is 1020 g/mol. The van der Waals surface area contributed by atoms with Crippen molar-refractivity contribution in [3.8, 4) is 0 Å². The van der Waals surface area contributed by atoms with Crippen LogP contribution in [0.2, 0.25) is 0 Å². The fraction of sp³-hybridized carbons (Fsp3) is 0.970. The summed E-state index contributed by atoms with van der Waals surface area (Å²) in [5.74, 6) is -0.00628. The van der Waals surface area contributed by atoms with Crippen molar-refractivity contribution in [2.45, 2.75) is 398 Å². The Labute approximate surface area is 451 Å². The second-order valence-electron chi connectivity index (χ2n) is 23.2. The first-order valence-corrected chi connectivity index (χ1v) is 33.3. The molecule has 3 N–H and O–H groups in total. The average molecular weight is 1020 g/mol. The summed E-state index contributed by atoms with van der Waals surface area (Å²) < 4.78 is 5.49. The maximum Gasteiger partial charge on any atom is 0.305 e. The number of carbonyl (C=O) groups excluding carboxylic acids is 2. The normalized spacial score (nSPS) is 12.4. The lowest BCUT2D eigenvalue weighted by Gasteiger charge is -2.22. The zero-order chi connectivity index (χ0) is 52.2. The van der Waals surface area contributed by atoms with Gasteiger partial charge in [0.1, 0.15) is 0 Å². The maximum atomic E-state index is 12.4. The molecule has 0 rings (SSSR count). The lowest BCUT2D eigenvalue weighted by Crippen LogP contribution is -2.45. The van der Waals surface area contributed by atoms with Crippen LogP contribution in [0.15, 0.2) is 0 Å². The van der Waals surface area contributed by atoms with Gasteiger partial charge in [0.25, 0.3) is 0 Å². The molecule has 6 heteroatoms. The third-order valence-corrected chi connectivity index (χ3v) is 15.9. The Morgan fingerprint density at radius 1 is 0.333 bits per heavy atom. The van der Waals surface area contributed by atoms with E-state index in [2.05, 4.69) is 19.2 Å². The third kappa shape index (κ3) is 58.1. The van der Waals surface area contributed by atoms with Crippen LogP contribution in [-0.2, 0) is 14.3 Å². The molecule has 0 heterocycles. The van der Waals surface area contributed by atoms with Crippen molar-refractivity contribution in [1.29, 1.82) is 0 Å². The van der Waals surface area contributed by atoms with Crippen LogP contribution in [0.4, 0.5) is 0 Å². The van der Waals surface area contributed by atoms with Gasteiger partial charge in [-0.15, -0.1) is 0 Å². The highest BCUT2D eigenvalue weighted by atomic mass is 16.5. The summed E-state index contributed by atoms with van der Waals surface area (Å²) in [5, 5.41) is 23.2. The van der Waals surface area contributed by atoms with Gasteiger partial charge in [-0.1, -0.05) is 348 Å². The van der Waals surface area contributed by atoms with Gasteiger partial charge in [-0.3, -0.25) is 9.59 Å². The molecule has 0 radical (unpaired) electrons. The highest BCUT2D eigenvalue weighted by Crippen LogP contribution is 2.19. The predicted octanol–water partition coefficient (Wildman–Crippen LogP) is 21.0. The van der Waals surface area contributed by atoms with E-state index in [-0.39, 0.29) is 18.5 Å². The molecule has 0 aromatic carbocycles. The Balaban J connectivity index is 3.28. The lowest BCUT2D eigenvalue weighted by atomic mass is 10.0. The first kappa shape index (κ1) is 70.9. The van der Waals surface area contributed by atoms with E-state index in [0.717, 1.165) is 38.5 Å². The van der Waals surface area contributed by atoms with E-state index in [1.165, 1.54) is 315 Å². The van der Waals surface area contributed by atoms with Crippen LogP contribution in [0.5, 0.6) is 0 Å². The average Bonchev–Trinajstić information content (AvgIpc) is 3.38. The van der Waals surface area contributed by atoms with Crippen molar-refractivity contribution >= 4 is 11.9 Å². The Kier molecular flexibility index (Phi) is 61.4. The molecule has 0 saturated carbocycles. The summed E-state index contributed by atoms with van der Waals surface area (Å²) in [4.78, 5) is 24.5. The number of rotatable bonds is 63. The third-order valence-electron chi connectivity index (χ3n) is 15.9. The van der Waals surface area contributed by atoms with E-state index in [1.807, 2.05) is 0 Å². The van der Waals surface area contributed by atoms with Crippen LogP contribution in [0.25, 0.3) is 0 Å². The van der Waals surface area contributed by atoms with E-state index in [0.29, 0.717) is 25.9 Å². The van der Waals surface area contributed by atoms with E-state index in [4.69, 9.17) is 4.74 Å². The molecule has 6 nitrogen and oxygen atoms in total. The molecule has 1 amide bonds. The van der Waals surface area contributed by atoms with E-state index in [1.54, 1.807) is 0 Å². The molecule has 0 fully saturated rings. The minimum absolute atomic E-state index is 0.0238. The van der Waals surface area contributed by atoms with Crippen molar-refractivity contribution in [3.63, 3.8) is 0 Å². The molecular formula is C66H131NO5. The molecule has 0 aliphatic heterocycles. The topological polar surface area (TPSA) is 95.9 Å². The minimum atomic E-state index is -0.658. The van der Waals surface area contributed by atoms with Gasteiger partial charge in [0.15, 0.2) is 0 Å². The van der Waals surface area contributed by atoms with Gasteiger partial charge in [-0.25, -0.2) is 0 Å². The van der Waals surface area contributed by atoms with Crippen molar-refractivity contribution in [1.82, 2.24) is 5.32 Å². The largest absolute Gasteiger partial charge is 0.466 e. The predicted molar refractivity (Wildman–Crippen MR) is 315 cm³/mol. The Hall–Kier alpha value is -1.14. The highest BCUT2D eigenvalue weighted by molar-refractivity contribution is 5.76. The molecule has 430 valence electrons. The first-order valence-electron chi connectivity index (χ1n) is 33.3. The van der Waals surface area contributed by atoms with Crippen LogP contribution in [0, 0.1) is 0 Å². The highest BCUT2D eigenvalue weighted by Gasteiger charge is 2.20. The van der Waals surface area contributed by atoms with Crippen molar-refractivity contribution in [2.24, 2.45) is 0 Å². The Morgan fingerprint density at radius 2 is 0.569 bits per heavy atom. The van der Waals surface area contributed by atoms with Crippen molar-refractivity contribution in [2.75, 3.05) is 13.2 Å². The van der Waals surface area contributed by atoms with Gasteiger partial charge in [0.2, 0.25) is 5.91 Å². The molecule has 0 saturated heterocycles. The van der Waals surface area contributed by atoms with E-state index in [9.17, 15) is 19.8 Å². The standard InChI is InChI=1S/C66H131NO5/c1-3-5-7-9-11-13-15-16-37-40-44-48-52-56-60-66(71)72-61-57-53-49-45-41-38-35-33-31-29-27-25-23-21-19-17-18-20-22-24-26-28-30-32-34-36-39-43-47-51-55-59-65(70)67-63(62-68)64(69)58-54-50-46-42-14-12-10-8-6-4-2/h63-64,68-69H,3-62H2,1-2H3,(H,67,70). The van der Waals surface area contributed by atoms with Gasteiger partial charge in [0, 0.05) is 12.8 Å². The number of aliphatic hydroxyl groups is 2. The number of ether oxygens (including phenoxy) is 1. The Bertz CT molecular complexity index is 1040. The zero-order valence-electron chi connectivity index (χ0n) is 49.2. The van der Waals surface area contributed by atoms with E-state index < -0.39 is 12.1 Å². The second-order valence-corrected chi connectivity index (χ2v) is 23.2. The van der Waals surface area contributed by atoms with Gasteiger partial charge >= 0.3 is 5.97 Å². The molecule has 0 aliphatic rings. The summed E-state index contributed by atoms with van der Waals surface area (Å²) in [5.41, 5.74) is 0. The number of carbonyl (C=O) groups is 2. The molecule has 0 aromatic heterocycles. The molecule has 2 atom stereocenters. The number of aliphatic hydroxyl groups excluding tert-OH is 2. The van der Waals surface area contributed by atoms with Crippen LogP contribution in [0.3, 0.4) is 0 Å². The molecule has 0 bridgehead atoms. The van der Waals surface area contributed by atoms with Gasteiger partial charge in [-0.05, 0) is 25.7 Å². The van der Waals surface area contributed by atoms with Crippen molar-refractivity contribution < 1.29 is 24.5 Å². The zero-order valence-corrected chi connectivity index (χ0v) is 49.2. The number of hydrogen-bond donors (Lipinski definition) is 3. The minimum Gasteiger partial charge on any atom is -0.466 e. The van der Waals surface area contributed by atoms with Crippen LogP contribution in [0.1, 0.15) is 386 Å². The summed E-state index contributed by atoms with van der Waals surface area (Å²) >= 11 is 0. The molecule has 0 spiro atoms. The van der Waals surface area contributed by atoms with Crippen LogP contribution < -0.4 is 5.32 Å². The first-order chi connectivity index (χ1) is 35.5. The number of unbranched alkanes of at least 4 members (excludes halogenated alkanes) is 52. The second kappa shape index (κ2) is 62.4. The maximum absolute atomic E-state index is 12.4.